The summed E-state index contributed by atoms with van der Waals surface area (Å²) >= 11 is 0. The van der Waals surface area contributed by atoms with Crippen molar-refractivity contribution in [2.75, 3.05) is 14.6 Å². The predicted molar refractivity (Wildman–Crippen MR) is 343 cm³/mol. The fraction of sp³-hybridized carbons (Fsp3) is 0.270. The van der Waals surface area contributed by atoms with Crippen LogP contribution < -0.4 is 25.5 Å². The van der Waals surface area contributed by atoms with E-state index in [1.165, 1.54) is 44.3 Å². The summed E-state index contributed by atoms with van der Waals surface area (Å²) < 4.78 is 14.4. The second kappa shape index (κ2) is 17.8. The largest absolute Gasteiger partial charge is 0.456 e. The Hall–Kier alpha value is -7.96. The van der Waals surface area contributed by atoms with Crippen molar-refractivity contribution < 1.29 is 8.83 Å². The molecule has 0 spiro atoms. The van der Waals surface area contributed by atoms with Gasteiger partial charge in [-0.05, 0) is 156 Å². The first kappa shape index (κ1) is 51.5. The number of rotatable bonds is 5. The average molecular weight is 1050 g/mol. The molecular weight excluding hydrogens is 974 g/mol. The highest BCUT2D eigenvalue weighted by Crippen LogP contribution is 2.53. The molecule has 0 unspecified atom stereocenters. The second-order valence-corrected chi connectivity index (χ2v) is 28.0. The SMILES string of the molecule is CC(C)(C)c1ccc(N2B3c4cc(C(C)(C)C)ccc4N(c4ccc(C(C)(C)C)cc4)c4c3c(cc3c4oc4ccccc43)-c3cc4c(cc32)oc2cc(N(c3ccc(C(C)(C)C)cc3)c3ccc(C(C)(C)C)cc3)ccc24)cc1. The summed E-state index contributed by atoms with van der Waals surface area (Å²) in [6.07, 6.45) is 0. The van der Waals surface area contributed by atoms with E-state index < -0.39 is 0 Å². The Morgan fingerprint density at radius 3 is 1.40 bits per heavy atom. The minimum absolute atomic E-state index is 0.00398. The van der Waals surface area contributed by atoms with Crippen molar-refractivity contribution in [3.05, 3.63) is 204 Å². The molecule has 11 aromatic rings. The molecule has 0 N–H and O–H groups in total. The third-order valence-corrected chi connectivity index (χ3v) is 17.2. The van der Waals surface area contributed by atoms with Crippen LogP contribution in [0.1, 0.15) is 132 Å². The molecule has 0 atom stereocenters. The zero-order valence-corrected chi connectivity index (χ0v) is 49.5. The van der Waals surface area contributed by atoms with E-state index in [0.29, 0.717) is 0 Å². The third kappa shape index (κ3) is 8.43. The van der Waals surface area contributed by atoms with Crippen LogP contribution in [0.25, 0.3) is 55.0 Å². The zero-order chi connectivity index (χ0) is 56.2. The summed E-state index contributed by atoms with van der Waals surface area (Å²) in [5.41, 5.74) is 23.4. The number of hydrogen-bond acceptors (Lipinski definition) is 5. The number of anilines is 8. The van der Waals surface area contributed by atoms with E-state index in [1.54, 1.807) is 0 Å². The molecule has 0 fully saturated rings. The minimum Gasteiger partial charge on any atom is -0.456 e. The normalized spacial score (nSPS) is 13.9. The highest BCUT2D eigenvalue weighted by molar-refractivity contribution is 6.94. The van der Waals surface area contributed by atoms with Crippen molar-refractivity contribution in [2.45, 2.75) is 131 Å². The summed E-state index contributed by atoms with van der Waals surface area (Å²) in [7, 11) is 0. The van der Waals surface area contributed by atoms with Crippen LogP contribution in [0.4, 0.5) is 45.5 Å². The van der Waals surface area contributed by atoms with E-state index in [0.717, 1.165) is 94.9 Å². The van der Waals surface area contributed by atoms with Crippen LogP contribution in [0.3, 0.4) is 0 Å². The monoisotopic (exact) mass is 1050 g/mol. The zero-order valence-electron chi connectivity index (χ0n) is 49.5. The number of para-hydroxylation sites is 1. The molecule has 4 heterocycles. The smallest absolute Gasteiger partial charge is 0.333 e. The molecule has 13 rings (SSSR count). The van der Waals surface area contributed by atoms with Gasteiger partial charge in [0.1, 0.15) is 16.7 Å². The summed E-state index contributed by atoms with van der Waals surface area (Å²) in [6, 6.07) is 66.4. The summed E-state index contributed by atoms with van der Waals surface area (Å²) in [5, 5.41) is 4.35. The molecule has 0 aliphatic carbocycles. The van der Waals surface area contributed by atoms with Gasteiger partial charge in [0.2, 0.25) is 0 Å². The van der Waals surface area contributed by atoms with E-state index in [4.69, 9.17) is 8.83 Å². The fourth-order valence-corrected chi connectivity index (χ4v) is 12.5. The van der Waals surface area contributed by atoms with Gasteiger partial charge in [-0.3, -0.25) is 0 Å². The van der Waals surface area contributed by atoms with Crippen LogP contribution in [-0.2, 0) is 27.1 Å². The number of furan rings is 2. The number of hydrogen-bond donors (Lipinski definition) is 0. The third-order valence-electron chi connectivity index (χ3n) is 17.2. The molecular formula is C74H74BN3O2. The molecule has 0 amide bonds. The Balaban J connectivity index is 1.09. The Morgan fingerprint density at radius 2 is 0.838 bits per heavy atom. The Morgan fingerprint density at radius 1 is 0.362 bits per heavy atom. The van der Waals surface area contributed by atoms with Crippen LogP contribution >= 0.6 is 0 Å². The van der Waals surface area contributed by atoms with E-state index in [9.17, 15) is 0 Å². The molecule has 0 bridgehead atoms. The van der Waals surface area contributed by atoms with Crippen LogP contribution in [0.15, 0.2) is 185 Å². The molecule has 0 radical (unpaired) electrons. The summed E-state index contributed by atoms with van der Waals surface area (Å²) in [4.78, 5) is 7.48. The van der Waals surface area contributed by atoms with Crippen LogP contribution in [-0.4, -0.2) is 6.85 Å². The van der Waals surface area contributed by atoms with Gasteiger partial charge in [0.25, 0.3) is 0 Å². The van der Waals surface area contributed by atoms with Gasteiger partial charge in [-0.2, -0.15) is 0 Å². The lowest BCUT2D eigenvalue weighted by Crippen LogP contribution is -2.61. The molecule has 0 saturated heterocycles. The Labute approximate surface area is 474 Å². The van der Waals surface area contributed by atoms with Gasteiger partial charge in [-0.25, -0.2) is 0 Å². The van der Waals surface area contributed by atoms with Gasteiger partial charge < -0.3 is 23.4 Å². The lowest BCUT2D eigenvalue weighted by molar-refractivity contribution is 0.590. The second-order valence-electron chi connectivity index (χ2n) is 28.0. The van der Waals surface area contributed by atoms with Crippen molar-refractivity contribution in [1.82, 2.24) is 0 Å². The standard InChI is InChI=1S/C74H74BN3O2/c1-70(2,3)45-20-29-50(30-21-45)76(51-31-22-46(23-32-51)71(4,5)6)54-37-38-56-58-42-57-59-43-60-55-18-16-17-19-64(55)80-69(60)68-67(59)75(78(63(57)44-66(58)79-65(56)41-54)53-35-26-48(27-36-53)73(10,11)12)61-40-49(74(13,14)15)28-39-62(61)77(68)52-33-24-47(25-34-52)72(7,8)9/h16-44H,1-15H3. The maximum Gasteiger partial charge on any atom is 0.333 e. The molecule has 2 aromatic heterocycles. The lowest BCUT2D eigenvalue weighted by Gasteiger charge is -2.46. The van der Waals surface area contributed by atoms with Gasteiger partial charge in [0.05, 0.1) is 5.69 Å². The molecule has 0 saturated carbocycles. The first-order valence-corrected chi connectivity index (χ1v) is 28.8. The first-order chi connectivity index (χ1) is 37.8. The summed E-state index contributed by atoms with van der Waals surface area (Å²) in [6.45, 7) is 34.1. The lowest BCUT2D eigenvalue weighted by atomic mass is 9.43. The van der Waals surface area contributed by atoms with Crippen molar-refractivity contribution >= 4 is 107 Å². The molecule has 80 heavy (non-hydrogen) atoms. The van der Waals surface area contributed by atoms with E-state index in [2.05, 4.69) is 294 Å². The van der Waals surface area contributed by atoms with Crippen molar-refractivity contribution in [1.29, 1.82) is 0 Å². The number of nitrogens with zero attached hydrogens (tertiary/aromatic N) is 3. The maximum atomic E-state index is 7.23. The quantitative estimate of drug-likeness (QED) is 0.161. The van der Waals surface area contributed by atoms with Crippen LogP contribution in [0, 0.1) is 0 Å². The number of fused-ring (bicyclic) bond motifs is 11. The highest BCUT2D eigenvalue weighted by Gasteiger charge is 2.47. The molecule has 400 valence electrons. The predicted octanol–water partition coefficient (Wildman–Crippen LogP) is 20.2. The topological polar surface area (TPSA) is 36.0 Å². The van der Waals surface area contributed by atoms with Gasteiger partial charge >= 0.3 is 6.85 Å². The first-order valence-electron chi connectivity index (χ1n) is 28.8. The van der Waals surface area contributed by atoms with E-state index in [1.807, 2.05) is 0 Å². The molecule has 5 nitrogen and oxygen atoms in total. The van der Waals surface area contributed by atoms with Crippen molar-refractivity contribution in [3.8, 4) is 11.1 Å². The van der Waals surface area contributed by atoms with Crippen molar-refractivity contribution in [2.24, 2.45) is 0 Å². The molecule has 2 aliphatic rings. The van der Waals surface area contributed by atoms with Crippen LogP contribution in [0.2, 0.25) is 0 Å². The van der Waals surface area contributed by atoms with Crippen molar-refractivity contribution in [3.63, 3.8) is 0 Å². The molecule has 2 aliphatic heterocycles. The fourth-order valence-electron chi connectivity index (χ4n) is 12.5. The van der Waals surface area contributed by atoms with Crippen LogP contribution in [0.5, 0.6) is 0 Å². The molecule has 9 aromatic carbocycles. The Bertz CT molecular complexity index is 4180. The Kier molecular flexibility index (Phi) is 11.4. The van der Waals surface area contributed by atoms with Gasteiger partial charge in [-0.1, -0.05) is 183 Å². The van der Waals surface area contributed by atoms with E-state index in [-0.39, 0.29) is 33.9 Å². The molecule has 6 heteroatoms. The minimum atomic E-state index is -0.232. The van der Waals surface area contributed by atoms with Gasteiger partial charge in [0, 0.05) is 79.1 Å². The summed E-state index contributed by atoms with van der Waals surface area (Å²) in [5.74, 6) is 0. The average Bonchev–Trinajstić information content (AvgIpc) is 1.68. The van der Waals surface area contributed by atoms with E-state index >= 15 is 0 Å². The maximum absolute atomic E-state index is 7.23. The van der Waals surface area contributed by atoms with Gasteiger partial charge in [-0.15, -0.1) is 0 Å². The highest BCUT2D eigenvalue weighted by atomic mass is 16.3. The van der Waals surface area contributed by atoms with Gasteiger partial charge in [0.15, 0.2) is 5.58 Å². The number of benzene rings is 9.